The van der Waals surface area contributed by atoms with E-state index in [2.05, 4.69) is 0 Å². The smallest absolute Gasteiger partial charge is 0.165 e. The van der Waals surface area contributed by atoms with Crippen LogP contribution in [0, 0.1) is 0 Å². The number of hydrogen-bond acceptors (Lipinski definition) is 3. The van der Waals surface area contributed by atoms with Gasteiger partial charge in [-0.1, -0.05) is 6.42 Å². The van der Waals surface area contributed by atoms with Gasteiger partial charge in [0, 0.05) is 12.8 Å². The average Bonchev–Trinajstić information content (AvgIpc) is 2.53. The quantitative estimate of drug-likeness (QED) is 0.469. The fourth-order valence-electron chi connectivity index (χ4n) is 1.55. The van der Waals surface area contributed by atoms with Gasteiger partial charge in [0.15, 0.2) is 5.79 Å². The number of rotatable bonds is 6. The summed E-state index contributed by atoms with van der Waals surface area (Å²) < 4.78 is 10.9. The first-order chi connectivity index (χ1) is 6.27. The lowest BCUT2D eigenvalue weighted by molar-refractivity contribution is -0.147. The molecule has 0 saturated carbocycles. The molecule has 1 heterocycles. The van der Waals surface area contributed by atoms with Crippen LogP contribution in [0.1, 0.15) is 39.0 Å². The van der Waals surface area contributed by atoms with E-state index in [1.54, 1.807) is 0 Å². The molecule has 1 aliphatic heterocycles. The topological polar surface area (TPSA) is 35.5 Å². The summed E-state index contributed by atoms with van der Waals surface area (Å²) in [4.78, 5) is 10.0. The van der Waals surface area contributed by atoms with E-state index in [1.165, 1.54) is 0 Å². The van der Waals surface area contributed by atoms with Crippen LogP contribution in [0.5, 0.6) is 0 Å². The van der Waals surface area contributed by atoms with Gasteiger partial charge < -0.3 is 14.3 Å². The molecule has 1 rings (SSSR count). The van der Waals surface area contributed by atoms with E-state index >= 15 is 0 Å². The minimum atomic E-state index is -0.346. The van der Waals surface area contributed by atoms with Gasteiger partial charge in [0.05, 0.1) is 13.2 Å². The lowest BCUT2D eigenvalue weighted by Crippen LogP contribution is -2.24. The molecule has 0 aromatic heterocycles. The summed E-state index contributed by atoms with van der Waals surface area (Å²) in [5.74, 6) is -0.346. The van der Waals surface area contributed by atoms with Crippen LogP contribution in [0.2, 0.25) is 0 Å². The third kappa shape index (κ3) is 3.87. The van der Waals surface area contributed by atoms with Crippen molar-refractivity contribution < 1.29 is 14.3 Å². The second kappa shape index (κ2) is 5.35. The molecule has 0 spiro atoms. The minimum absolute atomic E-state index is 0.346. The Labute approximate surface area is 79.4 Å². The summed E-state index contributed by atoms with van der Waals surface area (Å²) in [6.45, 7) is 3.41. The fraction of sp³-hybridized carbons (Fsp3) is 0.900. The molecule has 76 valence electrons. The zero-order valence-corrected chi connectivity index (χ0v) is 8.25. The number of aldehydes is 1. The predicted octanol–water partition coefficient (Wildman–Crippen LogP) is 1.90. The van der Waals surface area contributed by atoms with Crippen LogP contribution in [0.15, 0.2) is 0 Å². The maximum Gasteiger partial charge on any atom is 0.165 e. The zero-order valence-electron chi connectivity index (χ0n) is 8.25. The van der Waals surface area contributed by atoms with E-state index in [4.69, 9.17) is 9.47 Å². The van der Waals surface area contributed by atoms with Crippen LogP contribution in [-0.4, -0.2) is 25.3 Å². The zero-order chi connectivity index (χ0) is 9.57. The summed E-state index contributed by atoms with van der Waals surface area (Å²) in [5.41, 5.74) is 0. The predicted molar refractivity (Wildman–Crippen MR) is 49.5 cm³/mol. The van der Waals surface area contributed by atoms with Crippen LogP contribution < -0.4 is 0 Å². The number of ether oxygens (including phenoxy) is 2. The normalized spacial score (nSPS) is 20.4. The highest BCUT2D eigenvalue weighted by Crippen LogP contribution is 2.24. The SMILES string of the molecule is CC1(CCCCCC=O)OCCO1. The molecule has 1 aliphatic rings. The first kappa shape index (κ1) is 10.7. The highest BCUT2D eigenvalue weighted by atomic mass is 16.7. The van der Waals surface area contributed by atoms with Crippen molar-refractivity contribution in [3.63, 3.8) is 0 Å². The first-order valence-corrected chi connectivity index (χ1v) is 4.98. The van der Waals surface area contributed by atoms with Crippen LogP contribution >= 0.6 is 0 Å². The van der Waals surface area contributed by atoms with Crippen LogP contribution in [0.25, 0.3) is 0 Å². The van der Waals surface area contributed by atoms with Gasteiger partial charge in [-0.15, -0.1) is 0 Å². The summed E-state index contributed by atoms with van der Waals surface area (Å²) in [5, 5.41) is 0. The van der Waals surface area contributed by atoms with Crippen molar-refractivity contribution in [3.05, 3.63) is 0 Å². The third-order valence-corrected chi connectivity index (χ3v) is 2.35. The van der Waals surface area contributed by atoms with E-state index in [0.717, 1.165) is 32.0 Å². The Kier molecular flexibility index (Phi) is 4.39. The van der Waals surface area contributed by atoms with Gasteiger partial charge in [-0.3, -0.25) is 0 Å². The molecule has 0 aromatic carbocycles. The number of carbonyl (C=O) groups excluding carboxylic acids is 1. The molecule has 0 aliphatic carbocycles. The van der Waals surface area contributed by atoms with Gasteiger partial charge in [0.1, 0.15) is 6.29 Å². The van der Waals surface area contributed by atoms with Crippen molar-refractivity contribution in [2.45, 2.75) is 44.8 Å². The van der Waals surface area contributed by atoms with Crippen molar-refractivity contribution in [1.82, 2.24) is 0 Å². The van der Waals surface area contributed by atoms with Gasteiger partial charge in [0.25, 0.3) is 0 Å². The monoisotopic (exact) mass is 186 g/mol. The van der Waals surface area contributed by atoms with Gasteiger partial charge in [0.2, 0.25) is 0 Å². The van der Waals surface area contributed by atoms with E-state index in [9.17, 15) is 4.79 Å². The highest BCUT2D eigenvalue weighted by molar-refractivity contribution is 5.48. The molecule has 0 aromatic rings. The van der Waals surface area contributed by atoms with Gasteiger partial charge >= 0.3 is 0 Å². The van der Waals surface area contributed by atoms with Gasteiger partial charge in [-0.2, -0.15) is 0 Å². The molecule has 3 nitrogen and oxygen atoms in total. The Hall–Kier alpha value is -0.410. The molecular formula is C10H18O3. The van der Waals surface area contributed by atoms with E-state index in [-0.39, 0.29) is 5.79 Å². The lowest BCUT2D eigenvalue weighted by Gasteiger charge is -2.21. The summed E-state index contributed by atoms with van der Waals surface area (Å²) >= 11 is 0. The molecule has 3 heteroatoms. The van der Waals surface area contributed by atoms with Crippen LogP contribution in [0.4, 0.5) is 0 Å². The number of carbonyl (C=O) groups is 1. The first-order valence-electron chi connectivity index (χ1n) is 4.98. The van der Waals surface area contributed by atoms with Crippen LogP contribution in [0.3, 0.4) is 0 Å². The maximum atomic E-state index is 10.0. The van der Waals surface area contributed by atoms with Crippen molar-refractivity contribution >= 4 is 6.29 Å². The van der Waals surface area contributed by atoms with Crippen molar-refractivity contribution in [1.29, 1.82) is 0 Å². The minimum Gasteiger partial charge on any atom is -0.348 e. The Bertz CT molecular complexity index is 150. The standard InChI is InChI=1S/C10H18O3/c1-10(12-8-9-13-10)6-4-2-3-5-7-11/h7H,2-6,8-9H2,1H3. The Morgan fingerprint density at radius 3 is 2.54 bits per heavy atom. The molecule has 0 N–H and O–H groups in total. The molecule has 1 fully saturated rings. The Balaban J connectivity index is 2.01. The molecule has 0 bridgehead atoms. The van der Waals surface area contributed by atoms with E-state index in [1.807, 2.05) is 6.92 Å². The number of hydrogen-bond donors (Lipinski definition) is 0. The van der Waals surface area contributed by atoms with Crippen molar-refractivity contribution in [2.75, 3.05) is 13.2 Å². The molecule has 1 saturated heterocycles. The van der Waals surface area contributed by atoms with Crippen molar-refractivity contribution in [2.24, 2.45) is 0 Å². The molecule has 0 radical (unpaired) electrons. The summed E-state index contributed by atoms with van der Waals surface area (Å²) in [7, 11) is 0. The van der Waals surface area contributed by atoms with E-state index in [0.29, 0.717) is 19.6 Å². The summed E-state index contributed by atoms with van der Waals surface area (Å²) in [6.07, 6.45) is 5.74. The molecule has 0 unspecified atom stereocenters. The summed E-state index contributed by atoms with van der Waals surface area (Å²) in [6, 6.07) is 0. The van der Waals surface area contributed by atoms with Gasteiger partial charge in [-0.25, -0.2) is 0 Å². The molecule has 13 heavy (non-hydrogen) atoms. The molecule has 0 amide bonds. The third-order valence-electron chi connectivity index (χ3n) is 2.35. The largest absolute Gasteiger partial charge is 0.348 e. The average molecular weight is 186 g/mol. The number of unbranched alkanes of at least 4 members (excludes halogenated alkanes) is 3. The second-order valence-electron chi connectivity index (χ2n) is 3.60. The van der Waals surface area contributed by atoms with Gasteiger partial charge in [-0.05, 0) is 19.8 Å². The van der Waals surface area contributed by atoms with Crippen molar-refractivity contribution in [3.8, 4) is 0 Å². The highest BCUT2D eigenvalue weighted by Gasteiger charge is 2.29. The Morgan fingerprint density at radius 1 is 1.23 bits per heavy atom. The fourth-order valence-corrected chi connectivity index (χ4v) is 1.55. The molecule has 0 atom stereocenters. The van der Waals surface area contributed by atoms with Crippen LogP contribution in [-0.2, 0) is 14.3 Å². The second-order valence-corrected chi connectivity index (χ2v) is 3.60. The molecular weight excluding hydrogens is 168 g/mol. The maximum absolute atomic E-state index is 10.0. The lowest BCUT2D eigenvalue weighted by atomic mass is 10.1. The van der Waals surface area contributed by atoms with E-state index < -0.39 is 0 Å². The Morgan fingerprint density at radius 2 is 1.92 bits per heavy atom.